The van der Waals surface area contributed by atoms with Gasteiger partial charge in [-0.1, -0.05) is 0 Å². The molecule has 0 spiro atoms. The number of fused-ring (bicyclic) bond motifs is 1. The molecule has 2 aromatic heterocycles. The topological polar surface area (TPSA) is 68.2 Å². The molecule has 0 amide bonds. The molecule has 0 aliphatic rings. The van der Waals surface area contributed by atoms with E-state index >= 15 is 0 Å². The minimum Gasteiger partial charge on any atom is -0.370 e. The number of nitrogens with zero attached hydrogens (tertiary/aromatic N) is 3. The van der Waals surface area contributed by atoms with Gasteiger partial charge >= 0.3 is 0 Å². The van der Waals surface area contributed by atoms with Crippen molar-refractivity contribution in [1.82, 2.24) is 14.6 Å². The van der Waals surface area contributed by atoms with Crippen LogP contribution < -0.4 is 11.1 Å². The standard InChI is InChI=1S/C10H15N5/c11-5-1-2-6-12-9-4-8-15-10(14-9)3-7-13-15/h3-4,7-8H,1-2,5-6,11H2,(H,12,14). The fourth-order valence-electron chi connectivity index (χ4n) is 1.40. The fraction of sp³-hybridized carbons (Fsp3) is 0.400. The maximum Gasteiger partial charge on any atom is 0.157 e. The first-order valence-electron chi connectivity index (χ1n) is 5.14. The number of nitrogens with one attached hydrogen (secondary N) is 1. The van der Waals surface area contributed by atoms with Crippen molar-refractivity contribution >= 4 is 11.5 Å². The highest BCUT2D eigenvalue weighted by atomic mass is 15.2. The number of hydrogen-bond acceptors (Lipinski definition) is 4. The first-order valence-corrected chi connectivity index (χ1v) is 5.14. The highest BCUT2D eigenvalue weighted by molar-refractivity contribution is 5.45. The summed E-state index contributed by atoms with van der Waals surface area (Å²) in [5.74, 6) is 0.889. The van der Waals surface area contributed by atoms with Gasteiger partial charge in [-0.2, -0.15) is 5.10 Å². The molecule has 0 bridgehead atoms. The second-order valence-corrected chi connectivity index (χ2v) is 3.37. The quantitative estimate of drug-likeness (QED) is 0.711. The summed E-state index contributed by atoms with van der Waals surface area (Å²) in [4.78, 5) is 4.39. The molecule has 5 heteroatoms. The number of rotatable bonds is 5. The van der Waals surface area contributed by atoms with Gasteiger partial charge in [-0.15, -0.1) is 0 Å². The predicted molar refractivity (Wildman–Crippen MR) is 59.8 cm³/mol. The van der Waals surface area contributed by atoms with Gasteiger partial charge in [0.05, 0.1) is 6.20 Å². The highest BCUT2D eigenvalue weighted by Crippen LogP contribution is 2.05. The lowest BCUT2D eigenvalue weighted by atomic mass is 10.3. The minimum atomic E-state index is 0.747. The minimum absolute atomic E-state index is 0.747. The average Bonchev–Trinajstić information content (AvgIpc) is 2.71. The van der Waals surface area contributed by atoms with Crippen molar-refractivity contribution in [3.63, 3.8) is 0 Å². The lowest BCUT2D eigenvalue weighted by Crippen LogP contribution is -2.07. The molecule has 0 atom stereocenters. The van der Waals surface area contributed by atoms with E-state index in [1.165, 1.54) is 0 Å². The molecule has 0 saturated carbocycles. The molecule has 80 valence electrons. The van der Waals surface area contributed by atoms with E-state index in [4.69, 9.17) is 5.73 Å². The zero-order valence-electron chi connectivity index (χ0n) is 8.56. The van der Waals surface area contributed by atoms with Crippen LogP contribution in [0.4, 0.5) is 5.82 Å². The van der Waals surface area contributed by atoms with Crippen molar-refractivity contribution in [2.24, 2.45) is 5.73 Å². The number of nitrogens with two attached hydrogens (primary N) is 1. The molecule has 0 radical (unpaired) electrons. The van der Waals surface area contributed by atoms with Crippen LogP contribution in [-0.4, -0.2) is 27.7 Å². The molecule has 0 saturated heterocycles. The van der Waals surface area contributed by atoms with Crippen molar-refractivity contribution in [3.8, 4) is 0 Å². The highest BCUT2D eigenvalue weighted by Gasteiger charge is 1.97. The van der Waals surface area contributed by atoms with Gasteiger partial charge in [0.25, 0.3) is 0 Å². The van der Waals surface area contributed by atoms with Crippen LogP contribution in [0.1, 0.15) is 12.8 Å². The molecule has 5 nitrogen and oxygen atoms in total. The van der Waals surface area contributed by atoms with Gasteiger partial charge in [-0.25, -0.2) is 9.50 Å². The van der Waals surface area contributed by atoms with E-state index in [0.29, 0.717) is 0 Å². The Bertz CT molecular complexity index is 422. The monoisotopic (exact) mass is 205 g/mol. The molecule has 0 aromatic carbocycles. The largest absolute Gasteiger partial charge is 0.370 e. The summed E-state index contributed by atoms with van der Waals surface area (Å²) in [5, 5.41) is 7.33. The summed E-state index contributed by atoms with van der Waals surface area (Å²) in [6.07, 6.45) is 5.75. The Morgan fingerprint density at radius 1 is 1.33 bits per heavy atom. The molecule has 0 aliphatic heterocycles. The van der Waals surface area contributed by atoms with E-state index < -0.39 is 0 Å². The SMILES string of the molecule is NCCCCNc1ccn2nccc2n1. The Kier molecular flexibility index (Phi) is 3.14. The van der Waals surface area contributed by atoms with Crippen molar-refractivity contribution in [3.05, 3.63) is 24.5 Å². The zero-order valence-corrected chi connectivity index (χ0v) is 8.56. The molecule has 2 heterocycles. The van der Waals surface area contributed by atoms with Gasteiger partial charge in [0.1, 0.15) is 5.82 Å². The van der Waals surface area contributed by atoms with Gasteiger partial charge in [0, 0.05) is 18.8 Å². The number of aromatic nitrogens is 3. The Hall–Kier alpha value is -1.62. The molecule has 2 aromatic rings. The fourth-order valence-corrected chi connectivity index (χ4v) is 1.40. The van der Waals surface area contributed by atoms with E-state index in [9.17, 15) is 0 Å². The Labute approximate surface area is 88.3 Å². The van der Waals surface area contributed by atoms with E-state index in [1.54, 1.807) is 10.7 Å². The van der Waals surface area contributed by atoms with Gasteiger partial charge < -0.3 is 11.1 Å². The molecule has 0 aliphatic carbocycles. The van der Waals surface area contributed by atoms with Crippen LogP contribution in [0.15, 0.2) is 24.5 Å². The van der Waals surface area contributed by atoms with Gasteiger partial charge in [0.15, 0.2) is 5.65 Å². The van der Waals surface area contributed by atoms with Gasteiger partial charge in [-0.05, 0) is 25.5 Å². The van der Waals surface area contributed by atoms with Gasteiger partial charge in [0.2, 0.25) is 0 Å². The molecular weight excluding hydrogens is 190 g/mol. The molecule has 15 heavy (non-hydrogen) atoms. The number of anilines is 1. The molecular formula is C10H15N5. The van der Waals surface area contributed by atoms with Crippen molar-refractivity contribution in [2.45, 2.75) is 12.8 Å². The molecule has 3 N–H and O–H groups in total. The Balaban J connectivity index is 1.96. The van der Waals surface area contributed by atoms with Crippen LogP contribution in [0.2, 0.25) is 0 Å². The summed E-state index contributed by atoms with van der Waals surface area (Å²) >= 11 is 0. The lowest BCUT2D eigenvalue weighted by molar-refractivity contribution is 0.772. The first-order chi connectivity index (χ1) is 7.40. The number of unbranched alkanes of at least 4 members (excludes halogenated alkanes) is 1. The zero-order chi connectivity index (χ0) is 10.5. The normalized spacial score (nSPS) is 10.7. The third kappa shape index (κ3) is 2.44. The van der Waals surface area contributed by atoms with Gasteiger partial charge in [-0.3, -0.25) is 0 Å². The molecule has 0 unspecified atom stereocenters. The van der Waals surface area contributed by atoms with E-state index in [-0.39, 0.29) is 0 Å². The third-order valence-corrected chi connectivity index (χ3v) is 2.20. The van der Waals surface area contributed by atoms with Crippen LogP contribution in [0, 0.1) is 0 Å². The second kappa shape index (κ2) is 4.75. The van der Waals surface area contributed by atoms with Crippen LogP contribution >= 0.6 is 0 Å². The predicted octanol–water partition coefficient (Wildman–Crippen LogP) is 0.880. The summed E-state index contributed by atoms with van der Waals surface area (Å²) in [6, 6.07) is 3.80. The first kappa shape index (κ1) is 9.92. The van der Waals surface area contributed by atoms with Crippen molar-refractivity contribution in [2.75, 3.05) is 18.4 Å². The van der Waals surface area contributed by atoms with Crippen molar-refractivity contribution in [1.29, 1.82) is 0 Å². The summed E-state index contributed by atoms with van der Waals surface area (Å²) in [6.45, 7) is 1.66. The summed E-state index contributed by atoms with van der Waals surface area (Å²) in [7, 11) is 0. The summed E-state index contributed by atoms with van der Waals surface area (Å²) < 4.78 is 1.74. The molecule has 0 fully saturated rings. The Morgan fingerprint density at radius 3 is 3.13 bits per heavy atom. The number of hydrogen-bond donors (Lipinski definition) is 2. The third-order valence-electron chi connectivity index (χ3n) is 2.20. The maximum atomic E-state index is 5.41. The maximum absolute atomic E-state index is 5.41. The van der Waals surface area contributed by atoms with E-state index in [1.807, 2.05) is 18.3 Å². The smallest absolute Gasteiger partial charge is 0.157 e. The second-order valence-electron chi connectivity index (χ2n) is 3.37. The van der Waals surface area contributed by atoms with E-state index in [2.05, 4.69) is 15.4 Å². The average molecular weight is 205 g/mol. The van der Waals surface area contributed by atoms with E-state index in [0.717, 1.165) is 37.4 Å². The van der Waals surface area contributed by atoms with Crippen molar-refractivity contribution < 1.29 is 0 Å². The van der Waals surface area contributed by atoms with Crippen LogP contribution in [0.25, 0.3) is 5.65 Å². The molecule has 2 rings (SSSR count). The summed E-state index contributed by atoms with van der Waals surface area (Å²) in [5.41, 5.74) is 6.27. The van der Waals surface area contributed by atoms with Crippen LogP contribution in [-0.2, 0) is 0 Å². The van der Waals surface area contributed by atoms with Crippen LogP contribution in [0.5, 0.6) is 0 Å². The Morgan fingerprint density at radius 2 is 2.27 bits per heavy atom. The van der Waals surface area contributed by atoms with Crippen LogP contribution in [0.3, 0.4) is 0 Å². The lowest BCUT2D eigenvalue weighted by Gasteiger charge is -2.04.